The molecule has 0 radical (unpaired) electrons. The second-order valence-electron chi connectivity index (χ2n) is 8.19. The van der Waals surface area contributed by atoms with Crippen LogP contribution in [0.1, 0.15) is 43.6 Å². The number of nitrogens with zero attached hydrogens (tertiary/aromatic N) is 2. The lowest BCUT2D eigenvalue weighted by molar-refractivity contribution is -0.135. The van der Waals surface area contributed by atoms with Crippen LogP contribution in [0.15, 0.2) is 24.3 Å². The summed E-state index contributed by atoms with van der Waals surface area (Å²) in [5, 5.41) is 15.9. The van der Waals surface area contributed by atoms with Crippen LogP contribution in [0, 0.1) is 17.2 Å². The van der Waals surface area contributed by atoms with Crippen molar-refractivity contribution in [1.29, 1.82) is 5.26 Å². The summed E-state index contributed by atoms with van der Waals surface area (Å²) in [6, 6.07) is 8.30. The Morgan fingerprint density at radius 2 is 2.16 bits per heavy atom. The van der Waals surface area contributed by atoms with Crippen molar-refractivity contribution in [3.63, 3.8) is 0 Å². The summed E-state index contributed by atoms with van der Waals surface area (Å²) in [4.78, 5) is 42.2. The average molecular weight is 440 g/mol. The zero-order valence-electron chi connectivity index (χ0n) is 18.6. The van der Waals surface area contributed by atoms with Crippen LogP contribution < -0.4 is 15.4 Å². The number of hydrogen-bond acceptors (Lipinski definition) is 5. The molecule has 1 saturated heterocycles. The maximum atomic E-state index is 12.9. The Hall–Kier alpha value is -3.54. The van der Waals surface area contributed by atoms with Gasteiger partial charge in [0.25, 0.3) is 5.91 Å². The summed E-state index contributed by atoms with van der Waals surface area (Å²) >= 11 is 0. The van der Waals surface area contributed by atoms with Crippen molar-refractivity contribution in [3.05, 3.63) is 30.0 Å². The summed E-state index contributed by atoms with van der Waals surface area (Å²) in [6.45, 7) is 4.02. The molecule has 1 aromatic carbocycles. The summed E-state index contributed by atoms with van der Waals surface area (Å²) in [7, 11) is 1.56. The van der Waals surface area contributed by atoms with Gasteiger partial charge in [-0.1, -0.05) is 6.07 Å². The number of aromatic amines is 1. The minimum Gasteiger partial charge on any atom is -0.496 e. The Morgan fingerprint density at radius 1 is 1.38 bits per heavy atom. The van der Waals surface area contributed by atoms with E-state index in [9.17, 15) is 19.6 Å². The number of piperidine rings is 1. The zero-order valence-corrected chi connectivity index (χ0v) is 18.6. The van der Waals surface area contributed by atoms with Crippen LogP contribution in [0.5, 0.6) is 5.75 Å². The lowest BCUT2D eigenvalue weighted by Crippen LogP contribution is -2.50. The minimum absolute atomic E-state index is 0.0739. The predicted molar refractivity (Wildman–Crippen MR) is 119 cm³/mol. The van der Waals surface area contributed by atoms with Gasteiger partial charge in [0.15, 0.2) is 0 Å². The van der Waals surface area contributed by atoms with E-state index in [0.717, 1.165) is 17.3 Å². The molecule has 2 heterocycles. The highest BCUT2D eigenvalue weighted by atomic mass is 16.5. The molecule has 1 unspecified atom stereocenters. The first-order valence-electron chi connectivity index (χ1n) is 10.8. The summed E-state index contributed by atoms with van der Waals surface area (Å²) in [5.41, 5.74) is 1.06. The molecule has 1 fully saturated rings. The Labute approximate surface area is 187 Å². The fourth-order valence-corrected chi connectivity index (χ4v) is 4.15. The molecule has 0 bridgehead atoms. The van der Waals surface area contributed by atoms with Crippen molar-refractivity contribution in [3.8, 4) is 11.8 Å². The Balaban J connectivity index is 1.67. The monoisotopic (exact) mass is 439 g/mol. The van der Waals surface area contributed by atoms with Gasteiger partial charge < -0.3 is 25.3 Å². The number of rotatable bonds is 8. The van der Waals surface area contributed by atoms with Crippen molar-refractivity contribution >= 4 is 28.6 Å². The molecule has 1 aromatic heterocycles. The van der Waals surface area contributed by atoms with Gasteiger partial charge in [-0.2, -0.15) is 5.26 Å². The normalized spacial score (nSPS) is 16.8. The van der Waals surface area contributed by atoms with Crippen LogP contribution in [0.25, 0.3) is 10.9 Å². The van der Waals surface area contributed by atoms with Gasteiger partial charge in [0, 0.05) is 29.4 Å². The Bertz CT molecular complexity index is 1040. The largest absolute Gasteiger partial charge is 0.496 e. The molecule has 3 rings (SSSR count). The van der Waals surface area contributed by atoms with E-state index >= 15 is 0 Å². The lowest BCUT2D eigenvalue weighted by Gasteiger charge is -2.33. The molecule has 170 valence electrons. The number of fused-ring (bicyclic) bond motifs is 1. The van der Waals surface area contributed by atoms with E-state index in [4.69, 9.17) is 4.74 Å². The number of hydrogen-bond donors (Lipinski definition) is 3. The molecule has 0 spiro atoms. The van der Waals surface area contributed by atoms with Crippen LogP contribution in [-0.4, -0.2) is 59.9 Å². The molecule has 32 heavy (non-hydrogen) atoms. The van der Waals surface area contributed by atoms with Crippen LogP contribution in [0.3, 0.4) is 0 Å². The summed E-state index contributed by atoms with van der Waals surface area (Å²) in [5.74, 6) is -0.526. The van der Waals surface area contributed by atoms with Crippen molar-refractivity contribution in [1.82, 2.24) is 20.5 Å². The number of H-pyrrole nitrogens is 1. The predicted octanol–water partition coefficient (Wildman–Crippen LogP) is 1.95. The molecule has 9 heteroatoms. The molecule has 2 atom stereocenters. The van der Waals surface area contributed by atoms with E-state index in [1.54, 1.807) is 19.2 Å². The standard InChI is InChI=1S/C23H29N5O4/c1-14(2)28(16(12-24)10-15-6-5-9-25-22(15)30)21(29)13-26-23(31)19-11-17-18(27-19)7-4-8-20(17)32-3/h4,7-8,11,14-16,27H,5-6,9-10,13H2,1-3H3,(H,25,30)(H,26,31)/t15-,16?/m0/s1. The van der Waals surface area contributed by atoms with E-state index < -0.39 is 11.9 Å². The molecule has 1 aliphatic heterocycles. The van der Waals surface area contributed by atoms with Gasteiger partial charge in [-0.25, -0.2) is 0 Å². The van der Waals surface area contributed by atoms with E-state index in [2.05, 4.69) is 21.7 Å². The van der Waals surface area contributed by atoms with Crippen molar-refractivity contribution in [2.75, 3.05) is 20.2 Å². The Morgan fingerprint density at radius 3 is 2.81 bits per heavy atom. The molecular formula is C23H29N5O4. The quantitative estimate of drug-likeness (QED) is 0.579. The number of aromatic nitrogens is 1. The van der Waals surface area contributed by atoms with E-state index in [1.807, 2.05) is 26.0 Å². The highest BCUT2D eigenvalue weighted by molar-refractivity contribution is 6.00. The third-order valence-corrected chi connectivity index (χ3v) is 5.73. The summed E-state index contributed by atoms with van der Waals surface area (Å²) in [6.07, 6.45) is 1.84. The van der Waals surface area contributed by atoms with Crippen molar-refractivity contribution < 1.29 is 19.1 Å². The number of benzene rings is 1. The van der Waals surface area contributed by atoms with Gasteiger partial charge >= 0.3 is 0 Å². The van der Waals surface area contributed by atoms with Crippen LogP contribution >= 0.6 is 0 Å². The molecule has 9 nitrogen and oxygen atoms in total. The van der Waals surface area contributed by atoms with E-state index in [0.29, 0.717) is 24.4 Å². The van der Waals surface area contributed by atoms with Crippen LogP contribution in [-0.2, 0) is 9.59 Å². The maximum Gasteiger partial charge on any atom is 0.268 e. The molecule has 0 aliphatic carbocycles. The number of carbonyl (C=O) groups is 3. The van der Waals surface area contributed by atoms with Gasteiger partial charge in [-0.05, 0) is 51.3 Å². The van der Waals surface area contributed by atoms with Gasteiger partial charge in [0.1, 0.15) is 17.5 Å². The first-order chi connectivity index (χ1) is 15.3. The molecule has 3 N–H and O–H groups in total. The smallest absolute Gasteiger partial charge is 0.268 e. The van der Waals surface area contributed by atoms with Crippen LogP contribution in [0.4, 0.5) is 0 Å². The van der Waals surface area contributed by atoms with Crippen molar-refractivity contribution in [2.24, 2.45) is 5.92 Å². The average Bonchev–Trinajstić information content (AvgIpc) is 3.22. The zero-order chi connectivity index (χ0) is 23.3. The third kappa shape index (κ3) is 5.02. The van der Waals surface area contributed by atoms with Crippen molar-refractivity contribution in [2.45, 2.75) is 45.2 Å². The maximum absolute atomic E-state index is 12.9. The number of nitrogens with one attached hydrogen (secondary N) is 3. The highest BCUT2D eigenvalue weighted by Gasteiger charge is 2.32. The van der Waals surface area contributed by atoms with E-state index in [1.165, 1.54) is 4.90 Å². The molecule has 2 aromatic rings. The first-order valence-corrected chi connectivity index (χ1v) is 10.8. The fourth-order valence-electron chi connectivity index (χ4n) is 4.15. The first kappa shape index (κ1) is 23.1. The van der Waals surface area contributed by atoms with Gasteiger partial charge in [-0.15, -0.1) is 0 Å². The number of methoxy groups -OCH3 is 1. The SMILES string of the molecule is COc1cccc2[nH]c(C(=O)NCC(=O)N(C(C)C)C(C#N)C[C@@H]3CCCNC3=O)cc12. The van der Waals surface area contributed by atoms with E-state index in [-0.39, 0.29) is 36.7 Å². The number of nitriles is 1. The second-order valence-corrected chi connectivity index (χ2v) is 8.19. The third-order valence-electron chi connectivity index (χ3n) is 5.73. The number of ether oxygens (including phenoxy) is 1. The lowest BCUT2D eigenvalue weighted by atomic mass is 9.91. The number of amides is 3. The molecule has 3 amide bonds. The number of carbonyl (C=O) groups excluding carboxylic acids is 3. The minimum atomic E-state index is -0.745. The van der Waals surface area contributed by atoms with Gasteiger partial charge in [0.2, 0.25) is 11.8 Å². The summed E-state index contributed by atoms with van der Waals surface area (Å²) < 4.78 is 5.31. The van der Waals surface area contributed by atoms with Crippen LogP contribution in [0.2, 0.25) is 0 Å². The topological polar surface area (TPSA) is 127 Å². The molecule has 1 aliphatic rings. The van der Waals surface area contributed by atoms with Gasteiger partial charge in [-0.3, -0.25) is 14.4 Å². The second kappa shape index (κ2) is 10.2. The highest BCUT2D eigenvalue weighted by Crippen LogP contribution is 2.26. The molecule has 0 saturated carbocycles. The van der Waals surface area contributed by atoms with Gasteiger partial charge in [0.05, 0.1) is 19.7 Å². The molecular weight excluding hydrogens is 410 g/mol. The Kier molecular flexibility index (Phi) is 7.36. The fraction of sp³-hybridized carbons (Fsp3) is 0.478.